The van der Waals surface area contributed by atoms with Gasteiger partial charge in [0, 0.05) is 11.1 Å². The molecule has 0 atom stereocenters. The number of aromatic nitrogens is 1. The summed E-state index contributed by atoms with van der Waals surface area (Å²) in [6, 6.07) is 9.43. The maximum atomic E-state index is 12.1. The van der Waals surface area contributed by atoms with Gasteiger partial charge in [-0.2, -0.15) is 0 Å². The van der Waals surface area contributed by atoms with Crippen LogP contribution in [0.5, 0.6) is 5.75 Å². The largest absolute Gasteiger partial charge is 0.485 e. The Morgan fingerprint density at radius 2 is 2.08 bits per heavy atom. The van der Waals surface area contributed by atoms with Gasteiger partial charge in [-0.3, -0.25) is 4.79 Å². The average molecular weight is 356 g/mol. The minimum Gasteiger partial charge on any atom is -0.485 e. The van der Waals surface area contributed by atoms with E-state index in [1.54, 1.807) is 29.7 Å². The van der Waals surface area contributed by atoms with E-state index in [-0.39, 0.29) is 18.3 Å². The molecule has 2 heterocycles. The Balaban J connectivity index is 1.55. The van der Waals surface area contributed by atoms with Gasteiger partial charge in [-0.05, 0) is 44.5 Å². The van der Waals surface area contributed by atoms with Gasteiger partial charge < -0.3 is 14.5 Å². The fourth-order valence-electron chi connectivity index (χ4n) is 2.43. The maximum absolute atomic E-state index is 12.1. The number of thiazole rings is 1. The third-order valence-corrected chi connectivity index (χ3v) is 4.59. The first-order valence-corrected chi connectivity index (χ1v) is 8.81. The number of nitrogens with zero attached hydrogens (tertiary/aromatic N) is 1. The molecule has 5 nitrogen and oxygen atoms in total. The highest BCUT2D eigenvalue weighted by Gasteiger charge is 2.12. The molecule has 0 bridgehead atoms. The van der Waals surface area contributed by atoms with E-state index in [4.69, 9.17) is 9.15 Å². The van der Waals surface area contributed by atoms with E-state index in [1.807, 2.05) is 32.9 Å². The molecule has 0 fully saturated rings. The van der Waals surface area contributed by atoms with Crippen LogP contribution in [0.15, 0.2) is 40.9 Å². The fraction of sp³-hybridized carbons (Fsp3) is 0.263. The van der Waals surface area contributed by atoms with Gasteiger partial charge in [0.1, 0.15) is 18.1 Å². The number of nitrogens with one attached hydrogen (secondary N) is 1. The zero-order chi connectivity index (χ0) is 17.8. The molecule has 1 N–H and O–H groups in total. The minimum atomic E-state index is -0.246. The van der Waals surface area contributed by atoms with Crippen molar-refractivity contribution in [1.82, 2.24) is 10.3 Å². The topological polar surface area (TPSA) is 64.4 Å². The molecule has 2 aromatic heterocycles. The zero-order valence-corrected chi connectivity index (χ0v) is 15.3. The number of ether oxygens (including phenoxy) is 1. The predicted molar refractivity (Wildman–Crippen MR) is 97.0 cm³/mol. The van der Waals surface area contributed by atoms with Crippen molar-refractivity contribution < 1.29 is 13.9 Å². The Hall–Kier alpha value is -2.60. The first-order valence-electron chi connectivity index (χ1n) is 7.99. The predicted octanol–water partition coefficient (Wildman–Crippen LogP) is 4.17. The van der Waals surface area contributed by atoms with E-state index in [0.717, 1.165) is 21.2 Å². The van der Waals surface area contributed by atoms with Gasteiger partial charge in [-0.15, -0.1) is 11.3 Å². The summed E-state index contributed by atoms with van der Waals surface area (Å²) in [7, 11) is 0. The Bertz CT molecular complexity index is 882. The van der Waals surface area contributed by atoms with Gasteiger partial charge >= 0.3 is 0 Å². The summed E-state index contributed by atoms with van der Waals surface area (Å²) in [5.74, 6) is 1.46. The first-order chi connectivity index (χ1) is 12.0. The van der Waals surface area contributed by atoms with E-state index >= 15 is 0 Å². The lowest BCUT2D eigenvalue weighted by Crippen LogP contribution is -2.21. The third kappa shape index (κ3) is 4.48. The van der Waals surface area contributed by atoms with Gasteiger partial charge in [0.05, 0.1) is 11.6 Å². The van der Waals surface area contributed by atoms with Crippen LogP contribution >= 0.6 is 11.3 Å². The second kappa shape index (κ2) is 7.53. The van der Waals surface area contributed by atoms with Crippen molar-refractivity contribution in [1.29, 1.82) is 0 Å². The summed E-state index contributed by atoms with van der Waals surface area (Å²) in [6.07, 6.45) is 1.77. The molecular formula is C19H20N2O3S. The van der Waals surface area contributed by atoms with Crippen LogP contribution in [-0.2, 0) is 13.2 Å². The lowest BCUT2D eigenvalue weighted by atomic mass is 10.1. The van der Waals surface area contributed by atoms with Crippen LogP contribution in [0.4, 0.5) is 0 Å². The van der Waals surface area contributed by atoms with Crippen LogP contribution < -0.4 is 10.1 Å². The monoisotopic (exact) mass is 356 g/mol. The molecule has 25 heavy (non-hydrogen) atoms. The second-order valence-electron chi connectivity index (χ2n) is 5.85. The van der Waals surface area contributed by atoms with Crippen molar-refractivity contribution in [3.05, 3.63) is 69.1 Å². The summed E-state index contributed by atoms with van der Waals surface area (Å²) >= 11 is 1.56. The number of furan rings is 1. The van der Waals surface area contributed by atoms with Gasteiger partial charge in [0.15, 0.2) is 5.76 Å². The molecule has 1 amide bonds. The molecule has 130 valence electrons. The number of amides is 1. The highest BCUT2D eigenvalue weighted by molar-refractivity contribution is 7.11. The number of aryl methyl sites for hydroxylation is 3. The van der Waals surface area contributed by atoms with Gasteiger partial charge in [0.25, 0.3) is 5.91 Å². The van der Waals surface area contributed by atoms with Crippen LogP contribution in [0.25, 0.3) is 0 Å². The molecule has 0 radical (unpaired) electrons. The highest BCUT2D eigenvalue weighted by Crippen LogP contribution is 2.20. The molecule has 0 saturated carbocycles. The number of carbonyl (C=O) groups is 1. The number of hydrogen-bond acceptors (Lipinski definition) is 5. The molecule has 0 aliphatic carbocycles. The summed E-state index contributed by atoms with van der Waals surface area (Å²) in [5, 5.41) is 3.81. The quantitative estimate of drug-likeness (QED) is 0.720. The van der Waals surface area contributed by atoms with Gasteiger partial charge in [-0.1, -0.05) is 17.7 Å². The van der Waals surface area contributed by atoms with Crippen molar-refractivity contribution in [3.8, 4) is 5.75 Å². The molecule has 0 unspecified atom stereocenters. The van der Waals surface area contributed by atoms with Crippen LogP contribution in [0.1, 0.15) is 37.3 Å². The van der Waals surface area contributed by atoms with Crippen LogP contribution in [0, 0.1) is 20.8 Å². The van der Waals surface area contributed by atoms with Crippen molar-refractivity contribution in [2.24, 2.45) is 0 Å². The van der Waals surface area contributed by atoms with Crippen molar-refractivity contribution >= 4 is 17.2 Å². The second-order valence-corrected chi connectivity index (χ2v) is 7.17. The Labute approximate surface area is 150 Å². The lowest BCUT2D eigenvalue weighted by molar-refractivity contribution is 0.0919. The smallest absolute Gasteiger partial charge is 0.287 e. The van der Waals surface area contributed by atoms with Crippen molar-refractivity contribution in [2.75, 3.05) is 0 Å². The number of benzene rings is 1. The highest BCUT2D eigenvalue weighted by atomic mass is 32.1. The molecule has 0 saturated heterocycles. The van der Waals surface area contributed by atoms with Gasteiger partial charge in [-0.25, -0.2) is 4.98 Å². The summed E-state index contributed by atoms with van der Waals surface area (Å²) in [6.45, 7) is 6.71. The third-order valence-electron chi connectivity index (χ3n) is 3.68. The standard InChI is InChI=1S/C19H20N2O3S/c1-12-4-6-17(13(2)8-12)23-11-15-5-7-18(24-15)19(22)21-10-16-9-20-14(3)25-16/h4-9H,10-11H2,1-3H3,(H,21,22). The normalized spacial score (nSPS) is 10.7. The van der Waals surface area contributed by atoms with E-state index < -0.39 is 0 Å². The SMILES string of the molecule is Cc1ccc(OCc2ccc(C(=O)NCc3cnc(C)s3)o2)c(C)c1. The first kappa shape index (κ1) is 17.2. The Morgan fingerprint density at radius 3 is 2.80 bits per heavy atom. The minimum absolute atomic E-state index is 0.246. The van der Waals surface area contributed by atoms with Crippen LogP contribution in [0.3, 0.4) is 0 Å². The summed E-state index contributed by atoms with van der Waals surface area (Å²) in [4.78, 5) is 17.3. The van der Waals surface area contributed by atoms with Crippen LogP contribution in [-0.4, -0.2) is 10.9 Å². The number of rotatable bonds is 6. The molecular weight excluding hydrogens is 336 g/mol. The molecule has 0 aliphatic heterocycles. The molecule has 6 heteroatoms. The lowest BCUT2D eigenvalue weighted by Gasteiger charge is -2.08. The summed E-state index contributed by atoms with van der Waals surface area (Å²) in [5.41, 5.74) is 2.27. The Morgan fingerprint density at radius 1 is 1.24 bits per heavy atom. The van der Waals surface area contributed by atoms with Crippen LogP contribution in [0.2, 0.25) is 0 Å². The van der Waals surface area contributed by atoms with E-state index in [9.17, 15) is 4.79 Å². The maximum Gasteiger partial charge on any atom is 0.287 e. The fourth-order valence-corrected chi connectivity index (χ4v) is 3.16. The molecule has 3 aromatic rings. The number of hydrogen-bond donors (Lipinski definition) is 1. The molecule has 0 spiro atoms. The molecule has 0 aliphatic rings. The van der Waals surface area contributed by atoms with Crippen molar-refractivity contribution in [3.63, 3.8) is 0 Å². The van der Waals surface area contributed by atoms with Crippen molar-refractivity contribution in [2.45, 2.75) is 33.9 Å². The molecule has 1 aromatic carbocycles. The number of carbonyl (C=O) groups excluding carboxylic acids is 1. The average Bonchev–Trinajstić information content (AvgIpc) is 3.21. The Kier molecular flexibility index (Phi) is 5.19. The van der Waals surface area contributed by atoms with E-state index in [0.29, 0.717) is 12.3 Å². The zero-order valence-electron chi connectivity index (χ0n) is 14.5. The summed E-state index contributed by atoms with van der Waals surface area (Å²) < 4.78 is 11.3. The molecule has 3 rings (SSSR count). The van der Waals surface area contributed by atoms with E-state index in [2.05, 4.69) is 16.4 Å². The van der Waals surface area contributed by atoms with Gasteiger partial charge in [0.2, 0.25) is 0 Å². The van der Waals surface area contributed by atoms with E-state index in [1.165, 1.54) is 5.56 Å².